The molecular weight excluding hydrogens is 373 g/mol. The number of halogens is 2. The first-order valence-corrected chi connectivity index (χ1v) is 8.39. The Morgan fingerprint density at radius 2 is 1.77 bits per heavy atom. The van der Waals surface area contributed by atoms with Crippen molar-refractivity contribution in [2.45, 2.75) is 0 Å². The topological polar surface area (TPSA) is 65.6 Å². The van der Waals surface area contributed by atoms with Crippen molar-refractivity contribution in [1.82, 2.24) is 24.5 Å². The van der Waals surface area contributed by atoms with Gasteiger partial charge < -0.3 is 0 Å². The zero-order chi connectivity index (χ0) is 18.1. The van der Waals surface area contributed by atoms with E-state index in [1.54, 1.807) is 52.2 Å². The first-order chi connectivity index (χ1) is 12.6. The van der Waals surface area contributed by atoms with Crippen molar-refractivity contribution in [3.63, 3.8) is 0 Å². The molecule has 4 aromatic rings. The molecule has 4 rings (SSSR count). The molecule has 0 radical (unpaired) electrons. The third kappa shape index (κ3) is 3.12. The SMILES string of the molecule is O=c1ccn(-c2cncc(Cl)c2)nc1-c1ccnn1-c1cccc(Cl)c1. The van der Waals surface area contributed by atoms with E-state index >= 15 is 0 Å². The third-order valence-corrected chi connectivity index (χ3v) is 4.14. The molecule has 8 heteroatoms. The summed E-state index contributed by atoms with van der Waals surface area (Å²) >= 11 is 12.1. The van der Waals surface area contributed by atoms with Crippen LogP contribution in [0.5, 0.6) is 0 Å². The molecule has 0 unspecified atom stereocenters. The van der Waals surface area contributed by atoms with Gasteiger partial charge in [0.05, 0.1) is 34.5 Å². The maximum atomic E-state index is 12.4. The second-order valence-corrected chi connectivity index (χ2v) is 6.32. The summed E-state index contributed by atoms with van der Waals surface area (Å²) in [6, 6.07) is 12.1. The Labute approximate surface area is 158 Å². The minimum absolute atomic E-state index is 0.222. The first-order valence-electron chi connectivity index (χ1n) is 7.63. The highest BCUT2D eigenvalue weighted by Gasteiger charge is 2.14. The van der Waals surface area contributed by atoms with Crippen LogP contribution in [0.15, 0.2) is 72.0 Å². The number of aromatic nitrogens is 5. The van der Waals surface area contributed by atoms with Crippen LogP contribution in [-0.4, -0.2) is 24.5 Å². The Hall–Kier alpha value is -2.96. The highest BCUT2D eigenvalue weighted by molar-refractivity contribution is 6.31. The molecule has 128 valence electrons. The highest BCUT2D eigenvalue weighted by atomic mass is 35.5. The van der Waals surface area contributed by atoms with Crippen LogP contribution in [-0.2, 0) is 0 Å². The Balaban J connectivity index is 1.86. The lowest BCUT2D eigenvalue weighted by atomic mass is 10.2. The second kappa shape index (κ2) is 6.74. The molecule has 0 bridgehead atoms. The monoisotopic (exact) mass is 383 g/mol. The summed E-state index contributed by atoms with van der Waals surface area (Å²) in [6.07, 6.45) is 6.32. The molecule has 0 aliphatic rings. The molecule has 0 N–H and O–H groups in total. The molecule has 3 heterocycles. The van der Waals surface area contributed by atoms with Gasteiger partial charge in [-0.25, -0.2) is 9.36 Å². The van der Waals surface area contributed by atoms with Crippen molar-refractivity contribution in [2.75, 3.05) is 0 Å². The van der Waals surface area contributed by atoms with E-state index in [0.29, 0.717) is 21.4 Å². The van der Waals surface area contributed by atoms with Gasteiger partial charge in [-0.3, -0.25) is 9.78 Å². The van der Waals surface area contributed by atoms with E-state index < -0.39 is 0 Å². The molecule has 6 nitrogen and oxygen atoms in total. The summed E-state index contributed by atoms with van der Waals surface area (Å²) in [7, 11) is 0. The predicted octanol–water partition coefficient (Wildman–Crippen LogP) is 3.79. The minimum Gasteiger partial charge on any atom is -0.287 e. The van der Waals surface area contributed by atoms with Crippen LogP contribution in [0, 0.1) is 0 Å². The van der Waals surface area contributed by atoms with E-state index in [0.717, 1.165) is 5.69 Å². The third-order valence-electron chi connectivity index (χ3n) is 3.70. The van der Waals surface area contributed by atoms with Crippen molar-refractivity contribution in [3.05, 3.63) is 87.5 Å². The normalized spacial score (nSPS) is 10.8. The zero-order valence-electron chi connectivity index (χ0n) is 13.3. The number of hydrogen-bond acceptors (Lipinski definition) is 4. The number of rotatable bonds is 3. The molecule has 0 spiro atoms. The van der Waals surface area contributed by atoms with Crippen LogP contribution in [0.25, 0.3) is 22.8 Å². The number of pyridine rings is 1. The van der Waals surface area contributed by atoms with Crippen LogP contribution in [0.2, 0.25) is 10.0 Å². The highest BCUT2D eigenvalue weighted by Crippen LogP contribution is 2.21. The predicted molar refractivity (Wildman–Crippen MR) is 100 cm³/mol. The fraction of sp³-hybridized carbons (Fsp3) is 0. The number of benzene rings is 1. The zero-order valence-corrected chi connectivity index (χ0v) is 14.8. The van der Waals surface area contributed by atoms with E-state index in [1.165, 1.54) is 12.3 Å². The van der Waals surface area contributed by atoms with E-state index in [4.69, 9.17) is 23.2 Å². The van der Waals surface area contributed by atoms with Crippen LogP contribution < -0.4 is 5.43 Å². The molecule has 0 amide bonds. The van der Waals surface area contributed by atoms with E-state index in [9.17, 15) is 4.79 Å². The summed E-state index contributed by atoms with van der Waals surface area (Å²) < 4.78 is 3.17. The largest absolute Gasteiger partial charge is 0.287 e. The lowest BCUT2D eigenvalue weighted by molar-refractivity contribution is 0.819. The van der Waals surface area contributed by atoms with Gasteiger partial charge in [-0.1, -0.05) is 29.3 Å². The number of nitrogens with zero attached hydrogens (tertiary/aromatic N) is 5. The first kappa shape index (κ1) is 16.5. The summed E-state index contributed by atoms with van der Waals surface area (Å²) in [5, 5.41) is 9.80. The van der Waals surface area contributed by atoms with Gasteiger partial charge in [0, 0.05) is 23.5 Å². The Kier molecular flexibility index (Phi) is 4.28. The van der Waals surface area contributed by atoms with E-state index in [2.05, 4.69) is 15.2 Å². The Bertz CT molecular complexity index is 1150. The van der Waals surface area contributed by atoms with Gasteiger partial charge in [0.2, 0.25) is 5.43 Å². The molecule has 0 atom stereocenters. The second-order valence-electron chi connectivity index (χ2n) is 5.44. The average molecular weight is 384 g/mol. The summed E-state index contributed by atoms with van der Waals surface area (Å²) in [4.78, 5) is 16.5. The fourth-order valence-electron chi connectivity index (χ4n) is 2.55. The van der Waals surface area contributed by atoms with Gasteiger partial charge >= 0.3 is 0 Å². The van der Waals surface area contributed by atoms with Crippen LogP contribution in [0.4, 0.5) is 0 Å². The lowest BCUT2D eigenvalue weighted by Gasteiger charge is -2.10. The number of hydrogen-bond donors (Lipinski definition) is 0. The summed E-state index contributed by atoms with van der Waals surface area (Å²) in [5.74, 6) is 0. The molecule has 0 fully saturated rings. The molecule has 0 saturated carbocycles. The van der Waals surface area contributed by atoms with Crippen molar-refractivity contribution < 1.29 is 0 Å². The Morgan fingerprint density at radius 1 is 0.923 bits per heavy atom. The van der Waals surface area contributed by atoms with Crippen molar-refractivity contribution in [1.29, 1.82) is 0 Å². The van der Waals surface area contributed by atoms with Crippen molar-refractivity contribution >= 4 is 23.2 Å². The molecule has 3 aromatic heterocycles. The maximum absolute atomic E-state index is 12.4. The maximum Gasteiger partial charge on any atom is 0.209 e. The van der Waals surface area contributed by atoms with Crippen molar-refractivity contribution in [2.24, 2.45) is 0 Å². The molecule has 0 saturated heterocycles. The molecule has 0 aliphatic carbocycles. The molecule has 0 aliphatic heterocycles. The van der Waals surface area contributed by atoms with Gasteiger partial charge in [0.25, 0.3) is 0 Å². The van der Waals surface area contributed by atoms with Crippen LogP contribution in [0.3, 0.4) is 0 Å². The van der Waals surface area contributed by atoms with Gasteiger partial charge in [0.15, 0.2) is 5.69 Å². The Morgan fingerprint density at radius 3 is 2.58 bits per heavy atom. The smallest absolute Gasteiger partial charge is 0.209 e. The molecule has 1 aromatic carbocycles. The van der Waals surface area contributed by atoms with Crippen LogP contribution >= 0.6 is 23.2 Å². The lowest BCUT2D eigenvalue weighted by Crippen LogP contribution is -2.14. The molecule has 26 heavy (non-hydrogen) atoms. The van der Waals surface area contributed by atoms with Gasteiger partial charge in [0.1, 0.15) is 0 Å². The van der Waals surface area contributed by atoms with Crippen LogP contribution in [0.1, 0.15) is 0 Å². The summed E-state index contributed by atoms with van der Waals surface area (Å²) in [5.41, 5.74) is 1.97. The standard InChI is InChI=1S/C18H11Cl2N5O/c19-12-2-1-3-14(8-12)25-16(4-6-22-25)18-17(26)5-7-24(23-18)15-9-13(20)10-21-11-15/h1-11H. The van der Waals surface area contributed by atoms with Gasteiger partial charge in [-0.15, -0.1) is 0 Å². The van der Waals surface area contributed by atoms with Crippen molar-refractivity contribution in [3.8, 4) is 22.8 Å². The minimum atomic E-state index is -0.222. The van der Waals surface area contributed by atoms with E-state index in [-0.39, 0.29) is 11.1 Å². The summed E-state index contributed by atoms with van der Waals surface area (Å²) in [6.45, 7) is 0. The average Bonchev–Trinajstić information content (AvgIpc) is 3.12. The fourth-order valence-corrected chi connectivity index (χ4v) is 2.90. The van der Waals surface area contributed by atoms with E-state index in [1.807, 2.05) is 12.1 Å². The van der Waals surface area contributed by atoms with Gasteiger partial charge in [-0.2, -0.15) is 10.2 Å². The van der Waals surface area contributed by atoms with Gasteiger partial charge in [-0.05, 0) is 30.3 Å². The molecular formula is C18H11Cl2N5O. The quantitative estimate of drug-likeness (QED) is 0.539.